The highest BCUT2D eigenvalue weighted by Gasteiger charge is 2.28. The fourth-order valence-electron chi connectivity index (χ4n) is 2.00. The van der Waals surface area contributed by atoms with Crippen molar-refractivity contribution in [1.82, 2.24) is 8.87 Å². The minimum absolute atomic E-state index is 0.193. The average molecular weight is 300 g/mol. The molecule has 0 bridgehead atoms. The van der Waals surface area contributed by atoms with Crippen LogP contribution in [-0.2, 0) is 17.1 Å². The number of oxazole rings is 1. The van der Waals surface area contributed by atoms with Gasteiger partial charge in [-0.2, -0.15) is 4.31 Å². The summed E-state index contributed by atoms with van der Waals surface area (Å²) in [6.45, 7) is 0.523. The van der Waals surface area contributed by atoms with Crippen molar-refractivity contribution in [3.8, 4) is 0 Å². The fraction of sp³-hybridized carbons (Fsp3) is 0.364. The molecule has 0 atom stereocenters. The summed E-state index contributed by atoms with van der Waals surface area (Å²) < 4.78 is 32.5. The van der Waals surface area contributed by atoms with E-state index < -0.39 is 15.8 Å². The first kappa shape index (κ1) is 12.8. The van der Waals surface area contributed by atoms with Gasteiger partial charge in [-0.15, -0.1) is 11.8 Å². The van der Waals surface area contributed by atoms with E-state index in [2.05, 4.69) is 0 Å². The molecule has 8 heteroatoms. The second-order valence-corrected chi connectivity index (χ2v) is 7.29. The third-order valence-corrected chi connectivity index (χ3v) is 6.09. The van der Waals surface area contributed by atoms with Crippen LogP contribution < -0.4 is 5.76 Å². The Kier molecular flexibility index (Phi) is 2.95. The van der Waals surface area contributed by atoms with Crippen molar-refractivity contribution >= 4 is 32.9 Å². The second kappa shape index (κ2) is 4.39. The molecule has 1 aromatic carbocycles. The van der Waals surface area contributed by atoms with Crippen LogP contribution in [0.1, 0.15) is 0 Å². The molecule has 0 N–H and O–H groups in total. The lowest BCUT2D eigenvalue weighted by Gasteiger charge is -2.14. The normalized spacial score (nSPS) is 17.3. The zero-order valence-electron chi connectivity index (χ0n) is 10.2. The van der Waals surface area contributed by atoms with Crippen molar-refractivity contribution in [3.63, 3.8) is 0 Å². The third-order valence-electron chi connectivity index (χ3n) is 3.12. The number of rotatable bonds is 2. The van der Waals surface area contributed by atoms with Gasteiger partial charge in [-0.1, -0.05) is 0 Å². The lowest BCUT2D eigenvalue weighted by Crippen LogP contribution is -2.28. The van der Waals surface area contributed by atoms with Gasteiger partial charge in [0.05, 0.1) is 16.3 Å². The number of sulfonamides is 1. The van der Waals surface area contributed by atoms with E-state index in [0.29, 0.717) is 23.5 Å². The van der Waals surface area contributed by atoms with Crippen LogP contribution in [0, 0.1) is 0 Å². The third kappa shape index (κ3) is 1.99. The lowest BCUT2D eigenvalue weighted by atomic mass is 10.3. The first-order chi connectivity index (χ1) is 9.00. The second-order valence-electron chi connectivity index (χ2n) is 4.27. The molecule has 0 saturated carbocycles. The number of thioether (sulfide) groups is 1. The summed E-state index contributed by atoms with van der Waals surface area (Å²) in [4.78, 5) is 11.6. The molecule has 102 valence electrons. The Balaban J connectivity index is 2.15. The van der Waals surface area contributed by atoms with Gasteiger partial charge in [-0.3, -0.25) is 4.57 Å². The van der Waals surface area contributed by atoms with Gasteiger partial charge >= 0.3 is 5.76 Å². The molecule has 0 radical (unpaired) electrons. The number of hydrogen-bond donors (Lipinski definition) is 0. The van der Waals surface area contributed by atoms with Crippen LogP contribution in [0.2, 0.25) is 0 Å². The van der Waals surface area contributed by atoms with Crippen molar-refractivity contribution in [2.45, 2.75) is 4.90 Å². The van der Waals surface area contributed by atoms with Gasteiger partial charge in [0.15, 0.2) is 5.58 Å². The summed E-state index contributed by atoms with van der Waals surface area (Å²) in [5, 5.41) is 0. The molecule has 3 rings (SSSR count). The lowest BCUT2D eigenvalue weighted by molar-refractivity contribution is 0.489. The Morgan fingerprint density at radius 1 is 1.37 bits per heavy atom. The number of aryl methyl sites for hydroxylation is 1. The number of hydrogen-bond acceptors (Lipinski definition) is 5. The molecule has 0 aliphatic carbocycles. The van der Waals surface area contributed by atoms with Gasteiger partial charge in [0.25, 0.3) is 0 Å². The quantitative estimate of drug-likeness (QED) is 0.821. The maximum absolute atomic E-state index is 12.4. The maximum atomic E-state index is 12.4. The predicted octanol–water partition coefficient (Wildman–Crippen LogP) is 0.827. The SMILES string of the molecule is Cn1c(=O)oc2ccc(S(=O)(=O)N3CCSC3)cc21. The molecule has 1 aliphatic rings. The van der Waals surface area contributed by atoms with Crippen LogP contribution in [0.4, 0.5) is 0 Å². The molecular formula is C11H12N2O4S2. The Morgan fingerprint density at radius 2 is 2.16 bits per heavy atom. The molecule has 19 heavy (non-hydrogen) atoms. The van der Waals surface area contributed by atoms with E-state index in [9.17, 15) is 13.2 Å². The van der Waals surface area contributed by atoms with Crippen LogP contribution in [0.15, 0.2) is 32.3 Å². The van der Waals surface area contributed by atoms with Crippen LogP contribution in [-0.4, -0.2) is 35.5 Å². The Labute approximate surface area is 114 Å². The molecular weight excluding hydrogens is 288 g/mol. The zero-order valence-corrected chi connectivity index (χ0v) is 11.8. The summed E-state index contributed by atoms with van der Waals surface area (Å²) in [5.41, 5.74) is 0.875. The van der Waals surface area contributed by atoms with Crippen LogP contribution in [0.5, 0.6) is 0 Å². The zero-order chi connectivity index (χ0) is 13.6. The first-order valence-corrected chi connectivity index (χ1v) is 8.27. The van der Waals surface area contributed by atoms with E-state index in [1.165, 1.54) is 27.1 Å². The Bertz CT molecular complexity index is 785. The van der Waals surface area contributed by atoms with Crippen LogP contribution in [0.3, 0.4) is 0 Å². The summed E-state index contributed by atoms with van der Waals surface area (Å²) in [6, 6.07) is 4.48. The Morgan fingerprint density at radius 3 is 2.84 bits per heavy atom. The molecule has 0 unspecified atom stereocenters. The number of nitrogens with zero attached hydrogens (tertiary/aromatic N) is 2. The van der Waals surface area contributed by atoms with E-state index in [1.54, 1.807) is 18.8 Å². The maximum Gasteiger partial charge on any atom is 0.419 e. The average Bonchev–Trinajstić information content (AvgIpc) is 3.00. The van der Waals surface area contributed by atoms with E-state index in [-0.39, 0.29) is 4.90 Å². The van der Waals surface area contributed by atoms with Gasteiger partial charge in [-0.25, -0.2) is 13.2 Å². The van der Waals surface area contributed by atoms with Crippen molar-refractivity contribution in [2.75, 3.05) is 18.2 Å². The summed E-state index contributed by atoms with van der Waals surface area (Å²) in [5.74, 6) is 0.789. The highest BCUT2D eigenvalue weighted by atomic mass is 32.2. The van der Waals surface area contributed by atoms with E-state index in [4.69, 9.17) is 4.42 Å². The summed E-state index contributed by atoms with van der Waals surface area (Å²) >= 11 is 1.59. The highest BCUT2D eigenvalue weighted by Crippen LogP contribution is 2.25. The van der Waals surface area contributed by atoms with Crippen molar-refractivity contribution in [2.24, 2.45) is 7.05 Å². The van der Waals surface area contributed by atoms with Crippen LogP contribution >= 0.6 is 11.8 Å². The Hall–Kier alpha value is -1.25. The van der Waals surface area contributed by atoms with Gasteiger partial charge in [0, 0.05) is 19.3 Å². The minimum Gasteiger partial charge on any atom is -0.408 e. The fourth-order valence-corrected chi connectivity index (χ4v) is 4.84. The molecule has 1 saturated heterocycles. The van der Waals surface area contributed by atoms with E-state index in [0.717, 1.165) is 5.75 Å². The molecule has 2 heterocycles. The largest absolute Gasteiger partial charge is 0.419 e. The van der Waals surface area contributed by atoms with Crippen LogP contribution in [0.25, 0.3) is 11.1 Å². The monoisotopic (exact) mass is 300 g/mol. The van der Waals surface area contributed by atoms with E-state index in [1.807, 2.05) is 0 Å². The van der Waals surface area contributed by atoms with Gasteiger partial charge < -0.3 is 4.42 Å². The molecule has 0 amide bonds. The molecule has 2 aromatic rings. The molecule has 0 spiro atoms. The van der Waals surface area contributed by atoms with Gasteiger partial charge in [0.1, 0.15) is 0 Å². The molecule has 1 aliphatic heterocycles. The first-order valence-electron chi connectivity index (χ1n) is 5.67. The van der Waals surface area contributed by atoms with E-state index >= 15 is 0 Å². The topological polar surface area (TPSA) is 72.5 Å². The summed E-state index contributed by atoms with van der Waals surface area (Å²) in [6.07, 6.45) is 0. The molecule has 6 nitrogen and oxygen atoms in total. The van der Waals surface area contributed by atoms with Crippen molar-refractivity contribution < 1.29 is 12.8 Å². The highest BCUT2D eigenvalue weighted by molar-refractivity contribution is 8.00. The molecule has 1 aromatic heterocycles. The predicted molar refractivity (Wildman–Crippen MR) is 72.7 cm³/mol. The van der Waals surface area contributed by atoms with Crippen molar-refractivity contribution in [3.05, 3.63) is 28.7 Å². The molecule has 1 fully saturated rings. The van der Waals surface area contributed by atoms with Gasteiger partial charge in [0.2, 0.25) is 10.0 Å². The number of aromatic nitrogens is 1. The smallest absolute Gasteiger partial charge is 0.408 e. The standard InChI is InChI=1S/C11H12N2O4S2/c1-12-9-6-8(2-3-10(9)17-11(12)14)19(15,16)13-4-5-18-7-13/h2-3,6H,4-5,7H2,1H3. The van der Waals surface area contributed by atoms with Gasteiger partial charge in [-0.05, 0) is 18.2 Å². The minimum atomic E-state index is -3.48. The number of fused-ring (bicyclic) bond motifs is 1. The van der Waals surface area contributed by atoms with Crippen molar-refractivity contribution in [1.29, 1.82) is 0 Å². The summed E-state index contributed by atoms with van der Waals surface area (Å²) in [7, 11) is -1.93. The number of benzene rings is 1.